The van der Waals surface area contributed by atoms with Crippen LogP contribution < -0.4 is 5.32 Å². The fourth-order valence-corrected chi connectivity index (χ4v) is 4.87. The number of hydrogen-bond donors (Lipinski definition) is 1. The molecule has 38 heavy (non-hydrogen) atoms. The zero-order chi connectivity index (χ0) is 26.8. The molecular formula is C27H31FN8O2. The molecule has 3 aromatic heterocycles. The van der Waals surface area contributed by atoms with Crippen LogP contribution in [0.5, 0.6) is 0 Å². The molecule has 11 heteroatoms. The number of carbonyl (C=O) groups is 1. The second-order valence-corrected chi connectivity index (χ2v) is 9.69. The van der Waals surface area contributed by atoms with E-state index in [-0.39, 0.29) is 17.8 Å². The molecule has 198 valence electrons. The zero-order valence-electron chi connectivity index (χ0n) is 22.0. The van der Waals surface area contributed by atoms with Gasteiger partial charge >= 0.3 is 6.09 Å². The summed E-state index contributed by atoms with van der Waals surface area (Å²) in [6.45, 7) is 7.72. The predicted octanol–water partition coefficient (Wildman–Crippen LogP) is 4.32. The van der Waals surface area contributed by atoms with Crippen molar-refractivity contribution >= 4 is 28.8 Å². The van der Waals surface area contributed by atoms with Crippen LogP contribution in [0.3, 0.4) is 0 Å². The highest BCUT2D eigenvalue weighted by Crippen LogP contribution is 2.31. The molecule has 5 rings (SSSR count). The third-order valence-corrected chi connectivity index (χ3v) is 6.71. The Kier molecular flexibility index (Phi) is 7.19. The van der Waals surface area contributed by atoms with Crippen molar-refractivity contribution < 1.29 is 13.9 Å². The van der Waals surface area contributed by atoms with Crippen LogP contribution in [0.1, 0.15) is 31.0 Å². The maximum atomic E-state index is 14.9. The van der Waals surface area contributed by atoms with E-state index < -0.39 is 0 Å². The molecule has 0 radical (unpaired) electrons. The number of nitrogens with zero attached hydrogens (tertiary/aromatic N) is 7. The van der Waals surface area contributed by atoms with Crippen molar-refractivity contribution in [2.45, 2.75) is 26.3 Å². The molecule has 1 aromatic carbocycles. The standard InChI is InChI=1S/C27H31FN8O2/c1-17(2)25-20-13-19(14-21(28)24(20)33-34(25)3)22-7-8-29-26(31-22)32-23-6-5-18(15-30-23)16-35-9-11-36(12-10-35)27(37)38-4/h5-8,13-15,17H,9-12,16H2,1-4H3,(H,29,30,31,32). The lowest BCUT2D eigenvalue weighted by Gasteiger charge is -2.33. The lowest BCUT2D eigenvalue weighted by atomic mass is 10.0. The molecule has 0 bridgehead atoms. The Morgan fingerprint density at radius 2 is 1.92 bits per heavy atom. The number of halogens is 1. The van der Waals surface area contributed by atoms with Gasteiger partial charge in [-0.1, -0.05) is 19.9 Å². The van der Waals surface area contributed by atoms with Gasteiger partial charge in [0.1, 0.15) is 11.3 Å². The first-order valence-electron chi connectivity index (χ1n) is 12.6. The van der Waals surface area contributed by atoms with Crippen LogP contribution in [-0.2, 0) is 18.3 Å². The highest BCUT2D eigenvalue weighted by Gasteiger charge is 2.21. The molecule has 0 aliphatic carbocycles. The SMILES string of the molecule is COC(=O)N1CCN(Cc2ccc(Nc3nccc(-c4cc(F)c5nn(C)c(C(C)C)c5c4)n3)nc2)CC1. The molecule has 10 nitrogen and oxygen atoms in total. The van der Waals surface area contributed by atoms with Crippen molar-refractivity contribution in [1.82, 2.24) is 34.5 Å². The fourth-order valence-electron chi connectivity index (χ4n) is 4.87. The van der Waals surface area contributed by atoms with Crippen LogP contribution in [-0.4, -0.2) is 73.9 Å². The van der Waals surface area contributed by atoms with Crippen LogP contribution in [0.25, 0.3) is 22.2 Å². The molecule has 1 N–H and O–H groups in total. The number of aromatic nitrogens is 5. The Morgan fingerprint density at radius 1 is 1.13 bits per heavy atom. The Hall–Kier alpha value is -4.12. The van der Waals surface area contributed by atoms with E-state index in [2.05, 4.69) is 44.1 Å². The maximum Gasteiger partial charge on any atom is 0.409 e. The molecule has 1 aliphatic rings. The van der Waals surface area contributed by atoms with Gasteiger partial charge in [-0.2, -0.15) is 5.10 Å². The van der Waals surface area contributed by atoms with E-state index in [4.69, 9.17) is 4.74 Å². The quantitative estimate of drug-likeness (QED) is 0.403. The summed E-state index contributed by atoms with van der Waals surface area (Å²) in [4.78, 5) is 29.1. The number of anilines is 2. The van der Waals surface area contributed by atoms with E-state index in [0.717, 1.165) is 36.3 Å². The van der Waals surface area contributed by atoms with Crippen molar-refractivity contribution in [3.63, 3.8) is 0 Å². The number of rotatable bonds is 6. The first-order valence-corrected chi connectivity index (χ1v) is 12.6. The molecule has 1 amide bonds. The number of nitrogens with one attached hydrogen (secondary N) is 1. The number of hydrogen-bond acceptors (Lipinski definition) is 8. The minimum Gasteiger partial charge on any atom is -0.453 e. The van der Waals surface area contributed by atoms with Crippen molar-refractivity contribution in [2.75, 3.05) is 38.6 Å². The zero-order valence-corrected chi connectivity index (χ0v) is 22.0. The number of aryl methyl sites for hydroxylation is 1. The molecule has 1 fully saturated rings. The lowest BCUT2D eigenvalue weighted by molar-refractivity contribution is 0.0888. The van der Waals surface area contributed by atoms with Gasteiger partial charge in [-0.25, -0.2) is 24.1 Å². The highest BCUT2D eigenvalue weighted by atomic mass is 19.1. The van der Waals surface area contributed by atoms with Crippen LogP contribution in [0.2, 0.25) is 0 Å². The van der Waals surface area contributed by atoms with Gasteiger partial charge in [-0.05, 0) is 35.7 Å². The third kappa shape index (κ3) is 5.28. The van der Waals surface area contributed by atoms with Crippen molar-refractivity contribution in [3.8, 4) is 11.3 Å². The molecule has 0 saturated carbocycles. The average Bonchev–Trinajstić information content (AvgIpc) is 3.26. The molecule has 0 spiro atoms. The summed E-state index contributed by atoms with van der Waals surface area (Å²) in [6, 6.07) is 9.04. The normalized spacial score (nSPS) is 14.3. The fraction of sp³-hybridized carbons (Fsp3) is 0.370. The van der Waals surface area contributed by atoms with Gasteiger partial charge < -0.3 is 15.0 Å². The molecule has 0 atom stereocenters. The Labute approximate surface area is 220 Å². The van der Waals surface area contributed by atoms with Gasteiger partial charge in [0, 0.05) is 68.8 Å². The van der Waals surface area contributed by atoms with Crippen molar-refractivity contribution in [2.24, 2.45) is 7.05 Å². The second kappa shape index (κ2) is 10.7. The average molecular weight is 519 g/mol. The minimum atomic E-state index is -0.378. The highest BCUT2D eigenvalue weighted by molar-refractivity contribution is 5.87. The van der Waals surface area contributed by atoms with Gasteiger partial charge in [0.25, 0.3) is 0 Å². The monoisotopic (exact) mass is 518 g/mol. The first-order chi connectivity index (χ1) is 18.3. The maximum absolute atomic E-state index is 14.9. The van der Waals surface area contributed by atoms with E-state index in [0.29, 0.717) is 41.6 Å². The first kappa shape index (κ1) is 25.5. The summed E-state index contributed by atoms with van der Waals surface area (Å²) < 4.78 is 21.5. The number of ether oxygens (including phenoxy) is 1. The van der Waals surface area contributed by atoms with Crippen LogP contribution in [0.4, 0.5) is 21.0 Å². The summed E-state index contributed by atoms with van der Waals surface area (Å²) in [5.41, 5.74) is 3.67. The van der Waals surface area contributed by atoms with E-state index in [9.17, 15) is 9.18 Å². The summed E-state index contributed by atoms with van der Waals surface area (Å²) in [7, 11) is 3.24. The van der Waals surface area contributed by atoms with Crippen molar-refractivity contribution in [3.05, 3.63) is 59.8 Å². The van der Waals surface area contributed by atoms with Gasteiger partial charge in [0.15, 0.2) is 5.82 Å². The molecule has 4 heterocycles. The van der Waals surface area contributed by atoms with Gasteiger partial charge in [-0.15, -0.1) is 0 Å². The number of benzene rings is 1. The Balaban J connectivity index is 1.28. The van der Waals surface area contributed by atoms with Crippen molar-refractivity contribution in [1.29, 1.82) is 0 Å². The number of amides is 1. The Bertz CT molecular complexity index is 1450. The topological polar surface area (TPSA) is 101 Å². The van der Waals surface area contributed by atoms with Gasteiger partial charge in [0.05, 0.1) is 12.8 Å². The predicted molar refractivity (Wildman–Crippen MR) is 143 cm³/mol. The van der Waals surface area contributed by atoms with Crippen LogP contribution in [0.15, 0.2) is 42.7 Å². The summed E-state index contributed by atoms with van der Waals surface area (Å²) >= 11 is 0. The molecule has 1 aliphatic heterocycles. The largest absolute Gasteiger partial charge is 0.453 e. The molecule has 1 saturated heterocycles. The van der Waals surface area contributed by atoms with E-state index in [1.807, 2.05) is 31.4 Å². The van der Waals surface area contributed by atoms with Crippen LogP contribution in [0, 0.1) is 5.82 Å². The second-order valence-electron chi connectivity index (χ2n) is 9.69. The number of piperazine rings is 1. The summed E-state index contributed by atoms with van der Waals surface area (Å²) in [5, 5.41) is 8.29. The van der Waals surface area contributed by atoms with E-state index >= 15 is 0 Å². The smallest absolute Gasteiger partial charge is 0.409 e. The number of fused-ring (bicyclic) bond motifs is 1. The Morgan fingerprint density at radius 3 is 2.61 bits per heavy atom. The molecule has 0 unspecified atom stereocenters. The minimum absolute atomic E-state index is 0.195. The number of carbonyl (C=O) groups excluding carboxylic acids is 1. The molecular weight excluding hydrogens is 487 g/mol. The van der Waals surface area contributed by atoms with Gasteiger partial charge in [-0.3, -0.25) is 9.58 Å². The summed E-state index contributed by atoms with van der Waals surface area (Å²) in [5.74, 6) is 0.799. The number of methoxy groups -OCH3 is 1. The van der Waals surface area contributed by atoms with Crippen LogP contribution >= 0.6 is 0 Å². The molecule has 4 aromatic rings. The summed E-state index contributed by atoms with van der Waals surface area (Å²) in [6.07, 6.45) is 3.18. The lowest BCUT2D eigenvalue weighted by Crippen LogP contribution is -2.48. The van der Waals surface area contributed by atoms with Gasteiger partial charge in [0.2, 0.25) is 5.95 Å². The third-order valence-electron chi connectivity index (χ3n) is 6.71. The van der Waals surface area contributed by atoms with E-state index in [1.165, 1.54) is 13.2 Å². The number of pyridine rings is 1. The van der Waals surface area contributed by atoms with E-state index in [1.54, 1.807) is 21.8 Å².